The van der Waals surface area contributed by atoms with Gasteiger partial charge in [-0.3, -0.25) is 9.59 Å². The van der Waals surface area contributed by atoms with Gasteiger partial charge < -0.3 is 4.74 Å². The fourth-order valence-corrected chi connectivity index (χ4v) is 2.79. The largest absolute Gasteiger partial charge is 0.392 e. The van der Waals surface area contributed by atoms with Crippen molar-refractivity contribution in [3.63, 3.8) is 0 Å². The second kappa shape index (κ2) is 19.0. The van der Waals surface area contributed by atoms with Gasteiger partial charge in [0.2, 0.25) is 0 Å². The van der Waals surface area contributed by atoms with Crippen LogP contribution in [0.25, 0.3) is 0 Å². The van der Waals surface area contributed by atoms with E-state index in [0.29, 0.717) is 12.8 Å². The minimum absolute atomic E-state index is 0.327. The normalized spacial score (nSPS) is 12.4. The molecule has 0 amide bonds. The molecule has 0 saturated carbocycles. The molecule has 0 radical (unpaired) electrons. The molecule has 0 aliphatic rings. The molecule has 26 heavy (non-hydrogen) atoms. The van der Waals surface area contributed by atoms with E-state index in [1.165, 1.54) is 57.8 Å². The van der Waals surface area contributed by atoms with Crippen LogP contribution in [0.4, 0.5) is 0 Å². The lowest BCUT2D eigenvalue weighted by Crippen LogP contribution is -2.20. The van der Waals surface area contributed by atoms with Crippen LogP contribution >= 0.6 is 12.6 Å². The average molecular weight is 385 g/mol. The Hall–Kier alpha value is -0.770. The maximum atomic E-state index is 11.5. The first-order valence-electron chi connectivity index (χ1n) is 10.7. The Kier molecular flexibility index (Phi) is 18.4. The van der Waals surface area contributed by atoms with Crippen molar-refractivity contribution < 1.29 is 14.3 Å². The van der Waals surface area contributed by atoms with Gasteiger partial charge in [0.15, 0.2) is 0 Å². The van der Waals surface area contributed by atoms with E-state index in [2.05, 4.69) is 31.7 Å². The van der Waals surface area contributed by atoms with Gasteiger partial charge in [-0.15, -0.1) is 0 Å². The fourth-order valence-electron chi connectivity index (χ4n) is 2.74. The molecule has 0 N–H and O–H groups in total. The average Bonchev–Trinajstić information content (AvgIpc) is 2.64. The molecule has 0 aromatic rings. The Morgan fingerprint density at radius 1 is 0.808 bits per heavy atom. The zero-order chi connectivity index (χ0) is 19.5. The molecular formula is C22H40O3S. The zero-order valence-electron chi connectivity index (χ0n) is 17.0. The summed E-state index contributed by atoms with van der Waals surface area (Å²) in [5.74, 6) is -0.936. The van der Waals surface area contributed by atoms with Crippen LogP contribution in [-0.4, -0.2) is 17.2 Å². The summed E-state index contributed by atoms with van der Waals surface area (Å²) in [4.78, 5) is 22.9. The quantitative estimate of drug-likeness (QED) is 0.0985. The van der Waals surface area contributed by atoms with Gasteiger partial charge in [-0.05, 0) is 38.5 Å². The highest BCUT2D eigenvalue weighted by molar-refractivity contribution is 7.81. The van der Waals surface area contributed by atoms with Gasteiger partial charge in [0.25, 0.3) is 0 Å². The SMILES string of the molecule is CCCCCCCCC=CCCCCCCCC(=O)OC(=O)C(S)CC. The van der Waals surface area contributed by atoms with Gasteiger partial charge in [-0.2, -0.15) is 12.6 Å². The smallest absolute Gasteiger partial charge is 0.326 e. The molecule has 0 rings (SSSR count). The van der Waals surface area contributed by atoms with Crippen molar-refractivity contribution in [2.45, 2.75) is 115 Å². The van der Waals surface area contributed by atoms with Crippen LogP contribution in [0, 0.1) is 0 Å². The highest BCUT2D eigenvalue weighted by Crippen LogP contribution is 2.11. The lowest BCUT2D eigenvalue weighted by molar-refractivity contribution is -0.159. The van der Waals surface area contributed by atoms with E-state index >= 15 is 0 Å². The number of carbonyl (C=O) groups is 2. The number of ether oxygens (including phenoxy) is 1. The molecule has 1 atom stereocenters. The summed E-state index contributed by atoms with van der Waals surface area (Å²) in [5.41, 5.74) is 0. The summed E-state index contributed by atoms with van der Waals surface area (Å²) < 4.78 is 4.76. The van der Waals surface area contributed by atoms with Gasteiger partial charge in [0.1, 0.15) is 0 Å². The van der Waals surface area contributed by atoms with Crippen LogP contribution in [-0.2, 0) is 14.3 Å². The lowest BCUT2D eigenvalue weighted by Gasteiger charge is -2.06. The van der Waals surface area contributed by atoms with Crippen LogP contribution in [0.15, 0.2) is 12.2 Å². The Balaban J connectivity index is 3.34. The van der Waals surface area contributed by atoms with Crippen LogP contribution in [0.5, 0.6) is 0 Å². The Morgan fingerprint density at radius 3 is 1.85 bits per heavy atom. The molecule has 0 aliphatic carbocycles. The lowest BCUT2D eigenvalue weighted by atomic mass is 10.1. The van der Waals surface area contributed by atoms with E-state index in [1.54, 1.807) is 0 Å². The second-order valence-electron chi connectivity index (χ2n) is 7.05. The van der Waals surface area contributed by atoms with Crippen LogP contribution in [0.3, 0.4) is 0 Å². The summed E-state index contributed by atoms with van der Waals surface area (Å²) in [5, 5.41) is -0.493. The highest BCUT2D eigenvalue weighted by atomic mass is 32.1. The van der Waals surface area contributed by atoms with Gasteiger partial charge in [0, 0.05) is 6.42 Å². The molecule has 0 fully saturated rings. The first-order valence-corrected chi connectivity index (χ1v) is 11.2. The molecule has 152 valence electrons. The number of thiol groups is 1. The molecule has 3 nitrogen and oxygen atoms in total. The fraction of sp³-hybridized carbons (Fsp3) is 0.818. The third-order valence-electron chi connectivity index (χ3n) is 4.52. The predicted octanol–water partition coefficient (Wildman–Crippen LogP) is 6.80. The molecule has 0 saturated heterocycles. The maximum absolute atomic E-state index is 11.5. The zero-order valence-corrected chi connectivity index (χ0v) is 17.9. The molecule has 0 heterocycles. The Morgan fingerprint density at radius 2 is 1.31 bits per heavy atom. The molecule has 1 unspecified atom stereocenters. The van der Waals surface area contributed by atoms with Crippen LogP contribution in [0.1, 0.15) is 110 Å². The number of hydrogen-bond acceptors (Lipinski definition) is 4. The van der Waals surface area contributed by atoms with Gasteiger partial charge in [-0.1, -0.05) is 77.4 Å². The van der Waals surface area contributed by atoms with E-state index in [0.717, 1.165) is 25.7 Å². The number of rotatable bonds is 17. The van der Waals surface area contributed by atoms with Crippen molar-refractivity contribution >= 4 is 24.6 Å². The Labute approximate surface area is 166 Å². The number of allylic oxidation sites excluding steroid dienone is 2. The van der Waals surface area contributed by atoms with Crippen molar-refractivity contribution in [1.82, 2.24) is 0 Å². The minimum atomic E-state index is -0.520. The highest BCUT2D eigenvalue weighted by Gasteiger charge is 2.16. The summed E-state index contributed by atoms with van der Waals surface area (Å²) in [6.45, 7) is 4.10. The van der Waals surface area contributed by atoms with Crippen molar-refractivity contribution in [3.8, 4) is 0 Å². The number of unbranched alkanes of at least 4 members (excludes halogenated alkanes) is 11. The third kappa shape index (κ3) is 16.7. The Bertz CT molecular complexity index is 380. The summed E-state index contributed by atoms with van der Waals surface area (Å²) >= 11 is 4.07. The minimum Gasteiger partial charge on any atom is -0.392 e. The standard InChI is InChI=1S/C22H40O3S/c1-3-5-6-7-8-9-10-11-12-13-14-15-16-17-18-19-21(23)25-22(24)20(26)4-2/h11-12,20,26H,3-10,13-19H2,1-2H3. The first kappa shape index (κ1) is 25.2. The van der Waals surface area contributed by atoms with Gasteiger partial charge in [-0.25, -0.2) is 0 Å². The van der Waals surface area contributed by atoms with Crippen molar-refractivity contribution in [2.24, 2.45) is 0 Å². The predicted molar refractivity (Wildman–Crippen MR) is 114 cm³/mol. The topological polar surface area (TPSA) is 43.4 Å². The molecule has 4 heteroatoms. The van der Waals surface area contributed by atoms with Crippen molar-refractivity contribution in [2.75, 3.05) is 0 Å². The third-order valence-corrected chi connectivity index (χ3v) is 5.09. The summed E-state index contributed by atoms with van der Waals surface area (Å²) in [7, 11) is 0. The van der Waals surface area contributed by atoms with E-state index in [-0.39, 0.29) is 0 Å². The summed E-state index contributed by atoms with van der Waals surface area (Å²) in [6.07, 6.45) is 21.5. The van der Waals surface area contributed by atoms with Crippen molar-refractivity contribution in [3.05, 3.63) is 12.2 Å². The van der Waals surface area contributed by atoms with Crippen molar-refractivity contribution in [1.29, 1.82) is 0 Å². The van der Waals surface area contributed by atoms with Crippen LogP contribution in [0.2, 0.25) is 0 Å². The number of esters is 2. The molecule has 0 spiro atoms. The molecule has 0 aromatic heterocycles. The van der Waals surface area contributed by atoms with E-state index in [1.807, 2.05) is 6.92 Å². The van der Waals surface area contributed by atoms with E-state index < -0.39 is 17.2 Å². The van der Waals surface area contributed by atoms with E-state index in [4.69, 9.17) is 4.74 Å². The monoisotopic (exact) mass is 384 g/mol. The number of hydrogen-bond donors (Lipinski definition) is 1. The van der Waals surface area contributed by atoms with Crippen LogP contribution < -0.4 is 0 Å². The number of carbonyl (C=O) groups excluding carboxylic acids is 2. The molecular weight excluding hydrogens is 344 g/mol. The molecule has 0 aliphatic heterocycles. The van der Waals surface area contributed by atoms with Gasteiger partial charge >= 0.3 is 11.9 Å². The molecule has 0 bridgehead atoms. The van der Waals surface area contributed by atoms with E-state index in [9.17, 15) is 9.59 Å². The molecule has 0 aromatic carbocycles. The van der Waals surface area contributed by atoms with Gasteiger partial charge in [0.05, 0.1) is 5.25 Å². The second-order valence-corrected chi connectivity index (χ2v) is 7.67. The maximum Gasteiger partial charge on any atom is 0.326 e. The first-order chi connectivity index (χ1) is 12.6. The summed E-state index contributed by atoms with van der Waals surface area (Å²) in [6, 6.07) is 0.